The van der Waals surface area contributed by atoms with Crippen molar-refractivity contribution in [2.24, 2.45) is 5.92 Å². The Morgan fingerprint density at radius 2 is 2.37 bits per heavy atom. The molecule has 0 aromatic heterocycles. The van der Waals surface area contributed by atoms with Crippen LogP contribution in [0.1, 0.15) is 12.0 Å². The fraction of sp³-hybridized carbons (Fsp3) is 0.333. The average Bonchev–Trinajstić information content (AvgIpc) is 2.92. The summed E-state index contributed by atoms with van der Waals surface area (Å²) in [4.78, 5) is 22.2. The first kappa shape index (κ1) is 13.0. The normalized spacial score (nSPS) is 17.7. The van der Waals surface area contributed by atoms with Crippen LogP contribution in [-0.4, -0.2) is 23.9 Å². The summed E-state index contributed by atoms with van der Waals surface area (Å²) in [5.74, 6) is -0.409. The smallest absolute Gasteiger partial charge is 0.294 e. The van der Waals surface area contributed by atoms with Gasteiger partial charge in [0.25, 0.3) is 5.69 Å². The molecule has 19 heavy (non-hydrogen) atoms. The van der Waals surface area contributed by atoms with Gasteiger partial charge in [-0.3, -0.25) is 14.9 Å². The molecule has 98 valence electrons. The summed E-state index contributed by atoms with van der Waals surface area (Å²) >= 11 is 0. The Labute approximate surface area is 109 Å². The van der Waals surface area contributed by atoms with E-state index in [-0.39, 0.29) is 28.8 Å². The molecule has 0 radical (unpaired) electrons. The van der Waals surface area contributed by atoms with Crippen LogP contribution >= 0.6 is 0 Å². The highest BCUT2D eigenvalue weighted by atomic mass is 16.6. The van der Waals surface area contributed by atoms with Gasteiger partial charge in [-0.2, -0.15) is 5.26 Å². The molecule has 1 aliphatic rings. The van der Waals surface area contributed by atoms with Crippen LogP contribution in [0.25, 0.3) is 0 Å². The van der Waals surface area contributed by atoms with Gasteiger partial charge in [0.15, 0.2) is 0 Å². The quantitative estimate of drug-likeness (QED) is 0.623. The fourth-order valence-corrected chi connectivity index (χ4v) is 1.97. The van der Waals surface area contributed by atoms with Crippen molar-refractivity contribution >= 4 is 17.3 Å². The minimum atomic E-state index is -0.608. The molecule has 1 fully saturated rings. The predicted octanol–water partition coefficient (Wildman–Crippen LogP) is 1.01. The van der Waals surface area contributed by atoms with Crippen molar-refractivity contribution in [3.63, 3.8) is 0 Å². The summed E-state index contributed by atoms with van der Waals surface area (Å²) in [6.45, 7) is 1.35. The molecule has 1 heterocycles. The summed E-state index contributed by atoms with van der Waals surface area (Å²) in [5.41, 5.74) is 0.0477. The Hall–Kier alpha value is -2.46. The summed E-state index contributed by atoms with van der Waals surface area (Å²) in [6, 6.07) is 5.81. The van der Waals surface area contributed by atoms with E-state index in [1.165, 1.54) is 12.1 Å². The molecule has 7 heteroatoms. The molecule has 2 N–H and O–H groups in total. The minimum absolute atomic E-state index is 0.126. The monoisotopic (exact) mass is 260 g/mol. The number of nitrogens with one attached hydrogen (secondary N) is 2. The molecule has 0 spiro atoms. The summed E-state index contributed by atoms with van der Waals surface area (Å²) in [7, 11) is 0. The maximum atomic E-state index is 11.9. The molecule has 1 aromatic rings. The van der Waals surface area contributed by atoms with E-state index in [0.29, 0.717) is 6.54 Å². The van der Waals surface area contributed by atoms with Crippen molar-refractivity contribution in [3.05, 3.63) is 33.9 Å². The van der Waals surface area contributed by atoms with Crippen molar-refractivity contribution in [2.75, 3.05) is 18.4 Å². The van der Waals surface area contributed by atoms with Crippen molar-refractivity contribution < 1.29 is 9.72 Å². The van der Waals surface area contributed by atoms with Gasteiger partial charge < -0.3 is 10.6 Å². The first-order valence-corrected chi connectivity index (χ1v) is 5.82. The second-order valence-electron chi connectivity index (χ2n) is 4.28. The maximum Gasteiger partial charge on any atom is 0.294 e. The zero-order valence-corrected chi connectivity index (χ0v) is 10.0. The van der Waals surface area contributed by atoms with Crippen LogP contribution < -0.4 is 10.6 Å². The largest absolute Gasteiger partial charge is 0.320 e. The lowest BCUT2D eigenvalue weighted by Crippen LogP contribution is -2.25. The first-order valence-electron chi connectivity index (χ1n) is 5.82. The third-order valence-electron chi connectivity index (χ3n) is 3.01. The van der Waals surface area contributed by atoms with Gasteiger partial charge in [0, 0.05) is 12.6 Å². The second-order valence-corrected chi connectivity index (χ2v) is 4.28. The van der Waals surface area contributed by atoms with Gasteiger partial charge >= 0.3 is 0 Å². The van der Waals surface area contributed by atoms with Crippen LogP contribution in [-0.2, 0) is 4.79 Å². The molecular formula is C12H12N4O3. The lowest BCUT2D eigenvalue weighted by Gasteiger charge is -2.10. The zero-order valence-electron chi connectivity index (χ0n) is 10.0. The number of carbonyl (C=O) groups is 1. The standard InChI is InChI=1S/C12H12N4O3/c13-6-8-1-2-10(11(5-8)16(18)19)15-12(17)9-3-4-14-7-9/h1-2,5,9,14H,3-4,7H2,(H,15,17). The van der Waals surface area contributed by atoms with E-state index in [2.05, 4.69) is 10.6 Å². The number of hydrogen-bond donors (Lipinski definition) is 2. The second kappa shape index (κ2) is 5.46. The molecule has 7 nitrogen and oxygen atoms in total. The maximum absolute atomic E-state index is 11.9. The van der Waals surface area contributed by atoms with E-state index in [1.807, 2.05) is 6.07 Å². The van der Waals surface area contributed by atoms with E-state index in [0.717, 1.165) is 19.0 Å². The lowest BCUT2D eigenvalue weighted by atomic mass is 10.1. The Morgan fingerprint density at radius 3 is 2.95 bits per heavy atom. The molecule has 0 aliphatic carbocycles. The number of nitro groups is 1. The van der Waals surface area contributed by atoms with Crippen LogP contribution in [0.15, 0.2) is 18.2 Å². The number of benzene rings is 1. The number of rotatable bonds is 3. The van der Waals surface area contributed by atoms with E-state index in [1.54, 1.807) is 0 Å². The molecule has 1 aromatic carbocycles. The van der Waals surface area contributed by atoms with Crippen molar-refractivity contribution in [1.29, 1.82) is 5.26 Å². The fourth-order valence-electron chi connectivity index (χ4n) is 1.97. The Morgan fingerprint density at radius 1 is 1.58 bits per heavy atom. The van der Waals surface area contributed by atoms with Crippen molar-refractivity contribution in [2.45, 2.75) is 6.42 Å². The first-order chi connectivity index (χ1) is 9.11. The molecule has 1 amide bonds. The SMILES string of the molecule is N#Cc1ccc(NC(=O)C2CCNC2)c([N+](=O)[O-])c1. The number of anilines is 1. The van der Waals surface area contributed by atoms with E-state index < -0.39 is 4.92 Å². The van der Waals surface area contributed by atoms with Crippen LogP contribution in [0.2, 0.25) is 0 Å². The number of hydrogen-bond acceptors (Lipinski definition) is 5. The highest BCUT2D eigenvalue weighted by Gasteiger charge is 2.24. The number of nitrogens with zero attached hydrogens (tertiary/aromatic N) is 2. The summed E-state index contributed by atoms with van der Waals surface area (Å²) in [6.07, 6.45) is 0.718. The minimum Gasteiger partial charge on any atom is -0.320 e. The Balaban J connectivity index is 2.22. The Kier molecular flexibility index (Phi) is 3.73. The number of nitriles is 1. The highest BCUT2D eigenvalue weighted by Crippen LogP contribution is 2.26. The van der Waals surface area contributed by atoms with Crippen LogP contribution in [0.5, 0.6) is 0 Å². The molecule has 1 unspecified atom stereocenters. The van der Waals surface area contributed by atoms with Gasteiger partial charge in [0.05, 0.1) is 22.5 Å². The van der Waals surface area contributed by atoms with Gasteiger partial charge in [-0.15, -0.1) is 0 Å². The van der Waals surface area contributed by atoms with Crippen molar-refractivity contribution in [1.82, 2.24) is 5.32 Å². The molecule has 1 atom stereocenters. The lowest BCUT2D eigenvalue weighted by molar-refractivity contribution is -0.384. The molecule has 1 aliphatic heterocycles. The van der Waals surface area contributed by atoms with E-state index in [9.17, 15) is 14.9 Å². The van der Waals surface area contributed by atoms with Crippen LogP contribution in [0, 0.1) is 27.4 Å². The zero-order chi connectivity index (χ0) is 13.8. The number of amides is 1. The van der Waals surface area contributed by atoms with E-state index >= 15 is 0 Å². The molecule has 2 rings (SSSR count). The van der Waals surface area contributed by atoms with Crippen LogP contribution in [0.3, 0.4) is 0 Å². The van der Waals surface area contributed by atoms with Gasteiger partial charge in [-0.25, -0.2) is 0 Å². The average molecular weight is 260 g/mol. The van der Waals surface area contributed by atoms with Gasteiger partial charge in [0.2, 0.25) is 5.91 Å². The number of carbonyl (C=O) groups excluding carboxylic acids is 1. The summed E-state index contributed by atoms with van der Waals surface area (Å²) < 4.78 is 0. The molecule has 0 saturated carbocycles. The molecular weight excluding hydrogens is 248 g/mol. The van der Waals surface area contributed by atoms with Gasteiger partial charge in [-0.05, 0) is 25.1 Å². The number of nitro benzene ring substituents is 1. The highest BCUT2D eigenvalue weighted by molar-refractivity contribution is 5.95. The third kappa shape index (κ3) is 2.86. The summed E-state index contributed by atoms with van der Waals surface area (Å²) in [5, 5.41) is 25.3. The topological polar surface area (TPSA) is 108 Å². The van der Waals surface area contributed by atoms with Crippen molar-refractivity contribution in [3.8, 4) is 6.07 Å². The molecule has 1 saturated heterocycles. The van der Waals surface area contributed by atoms with E-state index in [4.69, 9.17) is 5.26 Å². The Bertz CT molecular complexity index is 559. The van der Waals surface area contributed by atoms with Gasteiger partial charge in [0.1, 0.15) is 5.69 Å². The van der Waals surface area contributed by atoms with Crippen LogP contribution in [0.4, 0.5) is 11.4 Å². The predicted molar refractivity (Wildman–Crippen MR) is 67.4 cm³/mol. The molecule has 0 bridgehead atoms. The third-order valence-corrected chi connectivity index (χ3v) is 3.01. The van der Waals surface area contributed by atoms with Gasteiger partial charge in [-0.1, -0.05) is 0 Å².